The number of likely N-dealkylation sites (N-methyl/N-ethyl adjacent to an activating group) is 1. The van der Waals surface area contributed by atoms with Gasteiger partial charge in [-0.05, 0) is 95.6 Å². The molecule has 9 nitrogen and oxygen atoms in total. The molecule has 3 aliphatic heterocycles. The minimum Gasteiger partial charge on any atom is -0.307 e. The molecule has 3 fully saturated rings. The molecule has 11 heteroatoms. The van der Waals surface area contributed by atoms with E-state index in [9.17, 15) is 4.79 Å². The molecule has 0 unspecified atom stereocenters. The molecule has 1 saturated heterocycles. The van der Waals surface area contributed by atoms with E-state index < -0.39 is 23.8 Å². The first kappa shape index (κ1) is 37.3. The largest absolute Gasteiger partial charge is 0.307 e. The van der Waals surface area contributed by atoms with Gasteiger partial charge in [-0.2, -0.15) is 0 Å². The quantitative estimate of drug-likeness (QED) is 0.169. The van der Waals surface area contributed by atoms with Crippen LogP contribution in [0.25, 0.3) is 10.8 Å². The maximum Gasteiger partial charge on any atom is 0.262 e. The Morgan fingerprint density at radius 1 is 0.625 bits per heavy atom. The number of ketones is 1. The molecule has 5 atom stereocenters. The summed E-state index contributed by atoms with van der Waals surface area (Å²) in [5.41, 5.74) is 1.31. The third-order valence-electron chi connectivity index (χ3n) is 12.6. The average molecular weight is 787 g/mol. The Morgan fingerprint density at radius 3 is 1.64 bits per heavy atom. The van der Waals surface area contributed by atoms with E-state index in [4.69, 9.17) is 0 Å². The normalized spacial score (nSPS) is 25.1. The SMILES string of the molecule is CN(C)[C@@H]1CCCC[C@H]1N1C(=O)c2cc(Sc3ccccc3)c3c4c(cc(Sc5ccccc5)c(c24)C1=O)C(=O)N([C@@H]1CCCC[C@H]1C(=O)[C@@H]1CCCN1)C3=O. The molecule has 3 heterocycles. The van der Waals surface area contributed by atoms with Crippen LogP contribution >= 0.6 is 23.5 Å². The number of carbonyl (C=O) groups excluding carboxylic acids is 5. The lowest BCUT2D eigenvalue weighted by molar-refractivity contribution is -0.127. The summed E-state index contributed by atoms with van der Waals surface area (Å²) < 4.78 is 0. The monoisotopic (exact) mass is 786 g/mol. The third kappa shape index (κ3) is 6.31. The number of nitrogens with zero attached hydrogens (tertiary/aromatic N) is 3. The molecule has 0 aromatic heterocycles. The van der Waals surface area contributed by atoms with Crippen molar-refractivity contribution in [3.05, 3.63) is 95.1 Å². The zero-order valence-corrected chi connectivity index (χ0v) is 33.4. The zero-order valence-electron chi connectivity index (χ0n) is 31.8. The number of rotatable bonds is 9. The fourth-order valence-electron chi connectivity index (χ4n) is 9.96. The summed E-state index contributed by atoms with van der Waals surface area (Å²) in [6.45, 7) is 0.781. The highest BCUT2D eigenvalue weighted by atomic mass is 32.2. The summed E-state index contributed by atoms with van der Waals surface area (Å²) in [5.74, 6) is -2.10. The van der Waals surface area contributed by atoms with E-state index in [0.29, 0.717) is 62.1 Å². The number of amides is 4. The van der Waals surface area contributed by atoms with E-state index in [1.807, 2.05) is 74.8 Å². The van der Waals surface area contributed by atoms with Crippen molar-refractivity contribution in [1.82, 2.24) is 20.0 Å². The topological polar surface area (TPSA) is 107 Å². The van der Waals surface area contributed by atoms with Gasteiger partial charge in [0, 0.05) is 53.4 Å². The minimum absolute atomic E-state index is 0.00296. The van der Waals surface area contributed by atoms with Crippen LogP contribution in [0.3, 0.4) is 0 Å². The van der Waals surface area contributed by atoms with Crippen LogP contribution in [-0.4, -0.2) is 88.9 Å². The van der Waals surface area contributed by atoms with Crippen LogP contribution in [0, 0.1) is 5.92 Å². The van der Waals surface area contributed by atoms with Crippen LogP contribution < -0.4 is 5.32 Å². The maximum atomic E-state index is 15.3. The summed E-state index contributed by atoms with van der Waals surface area (Å²) in [7, 11) is 4.01. The second-order valence-electron chi connectivity index (χ2n) is 16.0. The molecular formula is C45H46N4O5S2. The van der Waals surface area contributed by atoms with Gasteiger partial charge < -0.3 is 10.2 Å². The van der Waals surface area contributed by atoms with Crippen molar-refractivity contribution < 1.29 is 24.0 Å². The van der Waals surface area contributed by atoms with Crippen LogP contribution in [0.1, 0.15) is 106 Å². The molecule has 2 aliphatic carbocycles. The van der Waals surface area contributed by atoms with Gasteiger partial charge in [0.25, 0.3) is 23.6 Å². The van der Waals surface area contributed by atoms with Crippen LogP contribution in [0.15, 0.2) is 92.4 Å². The maximum absolute atomic E-state index is 15.3. The Balaban J connectivity index is 1.27. The van der Waals surface area contributed by atoms with Crippen molar-refractivity contribution in [3.8, 4) is 0 Å². The van der Waals surface area contributed by atoms with Crippen LogP contribution in [0.5, 0.6) is 0 Å². The molecule has 4 amide bonds. The number of imide groups is 2. The Bertz CT molecular complexity index is 2260. The molecule has 288 valence electrons. The second kappa shape index (κ2) is 15.2. The van der Waals surface area contributed by atoms with E-state index in [-0.39, 0.29) is 35.7 Å². The van der Waals surface area contributed by atoms with Gasteiger partial charge in [-0.1, -0.05) is 85.6 Å². The summed E-state index contributed by atoms with van der Waals surface area (Å²) in [6, 6.07) is 21.8. The number of benzene rings is 4. The predicted octanol–water partition coefficient (Wildman–Crippen LogP) is 8.09. The van der Waals surface area contributed by atoms with Crippen molar-refractivity contribution in [2.75, 3.05) is 20.6 Å². The lowest BCUT2D eigenvalue weighted by atomic mass is 9.77. The summed E-state index contributed by atoms with van der Waals surface area (Å²) in [4.78, 5) is 82.6. The first-order chi connectivity index (χ1) is 27.2. The van der Waals surface area contributed by atoms with Gasteiger partial charge >= 0.3 is 0 Å². The highest BCUT2D eigenvalue weighted by molar-refractivity contribution is 7.99. The molecule has 4 aromatic rings. The molecule has 4 aromatic carbocycles. The number of hydrogen-bond acceptors (Lipinski definition) is 9. The number of nitrogens with one attached hydrogen (secondary N) is 1. The minimum atomic E-state index is -0.595. The molecule has 9 rings (SSSR count). The van der Waals surface area contributed by atoms with Crippen LogP contribution in [0.4, 0.5) is 0 Å². The molecule has 56 heavy (non-hydrogen) atoms. The Labute approximate surface area is 335 Å². The molecule has 2 saturated carbocycles. The van der Waals surface area contributed by atoms with E-state index >= 15 is 19.2 Å². The second-order valence-corrected chi connectivity index (χ2v) is 18.3. The van der Waals surface area contributed by atoms with Gasteiger partial charge in [-0.3, -0.25) is 33.8 Å². The van der Waals surface area contributed by atoms with Gasteiger partial charge in [0.2, 0.25) is 0 Å². The molecule has 0 spiro atoms. The Hall–Kier alpha value is -4.29. The van der Waals surface area contributed by atoms with E-state index in [0.717, 1.165) is 61.3 Å². The lowest BCUT2D eigenvalue weighted by Gasteiger charge is -2.44. The van der Waals surface area contributed by atoms with E-state index in [2.05, 4.69) is 10.2 Å². The summed E-state index contributed by atoms with van der Waals surface area (Å²) in [5, 5.41) is 4.10. The molecule has 0 bridgehead atoms. The molecule has 0 radical (unpaired) electrons. The first-order valence-electron chi connectivity index (χ1n) is 20.1. The smallest absolute Gasteiger partial charge is 0.262 e. The number of Topliss-reactive ketones (excluding diaryl/α,β-unsaturated/α-hetero) is 1. The molecular weight excluding hydrogens is 741 g/mol. The van der Waals surface area contributed by atoms with Crippen molar-refractivity contribution in [2.45, 2.75) is 108 Å². The summed E-state index contributed by atoms with van der Waals surface area (Å²) >= 11 is 2.78. The van der Waals surface area contributed by atoms with Crippen LogP contribution in [-0.2, 0) is 4.79 Å². The lowest BCUT2D eigenvalue weighted by Crippen LogP contribution is -2.57. The van der Waals surface area contributed by atoms with Gasteiger partial charge in [-0.15, -0.1) is 0 Å². The van der Waals surface area contributed by atoms with Gasteiger partial charge in [-0.25, -0.2) is 0 Å². The van der Waals surface area contributed by atoms with Crippen molar-refractivity contribution in [3.63, 3.8) is 0 Å². The summed E-state index contributed by atoms with van der Waals surface area (Å²) in [6.07, 6.45) is 8.00. The molecule has 1 N–H and O–H groups in total. The van der Waals surface area contributed by atoms with Gasteiger partial charge in [0.15, 0.2) is 5.78 Å². The van der Waals surface area contributed by atoms with E-state index in [1.54, 1.807) is 12.1 Å². The Morgan fingerprint density at radius 2 is 1.12 bits per heavy atom. The van der Waals surface area contributed by atoms with E-state index in [1.165, 1.54) is 33.3 Å². The van der Waals surface area contributed by atoms with Gasteiger partial charge in [0.1, 0.15) is 0 Å². The average Bonchev–Trinajstić information content (AvgIpc) is 3.76. The third-order valence-corrected chi connectivity index (χ3v) is 14.7. The zero-order chi connectivity index (χ0) is 38.7. The van der Waals surface area contributed by atoms with Crippen molar-refractivity contribution >= 4 is 63.7 Å². The number of hydrogen-bond donors (Lipinski definition) is 1. The van der Waals surface area contributed by atoms with Gasteiger partial charge in [0.05, 0.1) is 29.3 Å². The standard InChI is InChI=1S/C45H46N4O5S2/c1-47(2)33-21-11-12-22-34(33)49-43(52)30-25-35(55-26-14-5-3-6-15-26)39-37-29(24-36(40(38(30)37)45(49)54)56-27-16-7-4-8-17-27)42(51)48(44(39)53)32-20-10-9-18-28(32)41(50)31-19-13-23-46-31/h3-8,14-17,24-25,28,31-34,46H,9-13,18-23H2,1-2H3/t28-,31+,32-,33-,34-/m1/s1. The number of carbonyl (C=O) groups is 5. The fourth-order valence-corrected chi connectivity index (χ4v) is 12.0. The first-order valence-corrected chi connectivity index (χ1v) is 21.7. The van der Waals surface area contributed by atoms with Crippen molar-refractivity contribution in [1.29, 1.82) is 0 Å². The van der Waals surface area contributed by atoms with Crippen LogP contribution in [0.2, 0.25) is 0 Å². The fraction of sp³-hybridized carbons (Fsp3) is 0.400. The van der Waals surface area contributed by atoms with Crippen molar-refractivity contribution in [2.24, 2.45) is 5.92 Å². The predicted molar refractivity (Wildman–Crippen MR) is 218 cm³/mol. The highest BCUT2D eigenvalue weighted by Gasteiger charge is 2.50. The highest BCUT2D eigenvalue weighted by Crippen LogP contribution is 2.49. The Kier molecular flexibility index (Phi) is 10.1. The molecule has 5 aliphatic rings.